The lowest BCUT2D eigenvalue weighted by atomic mass is 9.95. The first-order chi connectivity index (χ1) is 17.7. The van der Waals surface area contributed by atoms with Crippen molar-refractivity contribution >= 4 is 28.0 Å². The molecule has 0 spiro atoms. The lowest BCUT2D eigenvalue weighted by Gasteiger charge is -2.13. The van der Waals surface area contributed by atoms with Gasteiger partial charge in [-0.1, -0.05) is 101 Å². The van der Waals surface area contributed by atoms with Gasteiger partial charge in [0.25, 0.3) is 0 Å². The van der Waals surface area contributed by atoms with E-state index in [1.165, 1.54) is 12.7 Å². The maximum absolute atomic E-state index is 11.7. The monoisotopic (exact) mass is 540 g/mol. The van der Waals surface area contributed by atoms with Gasteiger partial charge in [0.1, 0.15) is 11.5 Å². The zero-order valence-electron chi connectivity index (χ0n) is 20.3. The second-order valence-corrected chi connectivity index (χ2v) is 9.32. The van der Waals surface area contributed by atoms with Crippen LogP contribution in [0.2, 0.25) is 0 Å². The van der Waals surface area contributed by atoms with Crippen LogP contribution in [0.3, 0.4) is 0 Å². The lowest BCUT2D eigenvalue weighted by Crippen LogP contribution is -2.04. The third-order valence-corrected chi connectivity index (χ3v) is 6.45. The molecule has 0 aliphatic heterocycles. The number of halogens is 1. The van der Waals surface area contributed by atoms with E-state index in [0.717, 1.165) is 46.4 Å². The second-order valence-electron chi connectivity index (χ2n) is 8.52. The van der Waals surface area contributed by atoms with E-state index in [1.54, 1.807) is 0 Å². The zero-order valence-corrected chi connectivity index (χ0v) is 21.9. The number of allylic oxidation sites excluding steroid dienone is 1. The summed E-state index contributed by atoms with van der Waals surface area (Å²) >= 11 is 3.59. The molecule has 0 fully saturated rings. The van der Waals surface area contributed by atoms with Crippen LogP contribution in [0.4, 0.5) is 0 Å². The number of para-hydroxylation sites is 1. The Balaban J connectivity index is 1.49. The molecule has 1 atom stereocenters. The number of hydrogen-bond donors (Lipinski definition) is 0. The summed E-state index contributed by atoms with van der Waals surface area (Å²) in [4.78, 5) is 11.7. The summed E-state index contributed by atoms with van der Waals surface area (Å²) in [7, 11) is 1.40. The average Bonchev–Trinajstić information content (AvgIpc) is 2.93. The topological polar surface area (TPSA) is 35.5 Å². The highest BCUT2D eigenvalue weighted by Crippen LogP contribution is 2.30. The number of carbonyl (C=O) groups excluding carboxylic acids is 1. The third-order valence-electron chi connectivity index (χ3n) is 5.99. The maximum atomic E-state index is 11.7. The van der Waals surface area contributed by atoms with Gasteiger partial charge in [0.15, 0.2) is 0 Å². The Labute approximate surface area is 221 Å². The first-order valence-corrected chi connectivity index (χ1v) is 13.1. The highest BCUT2D eigenvalue weighted by Gasteiger charge is 2.10. The first kappa shape index (κ1) is 25.5. The molecule has 0 aliphatic rings. The summed E-state index contributed by atoms with van der Waals surface area (Å²) in [6.07, 6.45) is 6.27. The predicted molar refractivity (Wildman–Crippen MR) is 151 cm³/mol. The van der Waals surface area contributed by atoms with Gasteiger partial charge in [-0.15, -0.1) is 0 Å². The average molecular weight is 541 g/mol. The van der Waals surface area contributed by atoms with Crippen LogP contribution in [0.1, 0.15) is 27.9 Å². The Morgan fingerprint density at radius 1 is 0.861 bits per heavy atom. The van der Waals surface area contributed by atoms with Crippen LogP contribution in [0.25, 0.3) is 17.2 Å². The van der Waals surface area contributed by atoms with Crippen LogP contribution in [-0.4, -0.2) is 18.4 Å². The van der Waals surface area contributed by atoms with Crippen LogP contribution in [0.5, 0.6) is 11.5 Å². The van der Waals surface area contributed by atoms with Gasteiger partial charge in [-0.3, -0.25) is 0 Å². The Morgan fingerprint density at radius 3 is 2.33 bits per heavy atom. The van der Waals surface area contributed by atoms with E-state index in [0.29, 0.717) is 11.5 Å². The molecular weight excluding hydrogens is 512 g/mol. The van der Waals surface area contributed by atoms with Crippen molar-refractivity contribution in [2.75, 3.05) is 12.4 Å². The number of benzene rings is 4. The highest BCUT2D eigenvalue weighted by atomic mass is 79.9. The van der Waals surface area contributed by atoms with Crippen LogP contribution >= 0.6 is 15.9 Å². The van der Waals surface area contributed by atoms with Gasteiger partial charge in [-0.2, -0.15) is 0 Å². The lowest BCUT2D eigenvalue weighted by molar-refractivity contribution is 0.0600. The van der Waals surface area contributed by atoms with Gasteiger partial charge in [0.2, 0.25) is 0 Å². The summed E-state index contributed by atoms with van der Waals surface area (Å²) < 4.78 is 11.1. The van der Waals surface area contributed by atoms with E-state index in [1.807, 2.05) is 72.8 Å². The van der Waals surface area contributed by atoms with Gasteiger partial charge in [0.05, 0.1) is 12.7 Å². The molecule has 36 heavy (non-hydrogen) atoms. The molecule has 0 amide bonds. The number of alkyl halides is 1. The Morgan fingerprint density at radius 2 is 1.58 bits per heavy atom. The Hall–Kier alpha value is -3.63. The number of methoxy groups -OCH3 is 1. The molecule has 3 nitrogen and oxygen atoms in total. The van der Waals surface area contributed by atoms with E-state index < -0.39 is 0 Å². The second kappa shape index (κ2) is 12.9. The number of carbonyl (C=O) groups is 1. The number of ether oxygens (including phenoxy) is 2. The molecule has 0 saturated heterocycles. The van der Waals surface area contributed by atoms with Crippen molar-refractivity contribution in [1.29, 1.82) is 0 Å². The molecule has 0 heterocycles. The van der Waals surface area contributed by atoms with Crippen molar-refractivity contribution in [3.05, 3.63) is 126 Å². The fraction of sp³-hybridized carbons (Fsp3) is 0.156. The molecule has 4 aromatic carbocycles. The summed E-state index contributed by atoms with van der Waals surface area (Å²) in [5, 5.41) is 0.909. The number of rotatable bonds is 10. The molecule has 0 aliphatic carbocycles. The largest absolute Gasteiger partial charge is 0.465 e. The first-order valence-electron chi connectivity index (χ1n) is 12.0. The molecule has 0 radical (unpaired) electrons. The van der Waals surface area contributed by atoms with Crippen LogP contribution in [-0.2, 0) is 11.2 Å². The van der Waals surface area contributed by atoms with Crippen molar-refractivity contribution in [2.24, 2.45) is 5.92 Å². The Bertz CT molecular complexity index is 1300. The fourth-order valence-electron chi connectivity index (χ4n) is 4.05. The molecule has 0 saturated carbocycles. The third kappa shape index (κ3) is 6.96. The highest BCUT2D eigenvalue weighted by molar-refractivity contribution is 9.09. The molecule has 4 heteroatoms. The van der Waals surface area contributed by atoms with Crippen LogP contribution < -0.4 is 4.74 Å². The molecular formula is C32H29BrO3. The van der Waals surface area contributed by atoms with Crippen molar-refractivity contribution in [1.82, 2.24) is 0 Å². The van der Waals surface area contributed by atoms with Gasteiger partial charge in [-0.25, -0.2) is 4.79 Å². The molecule has 182 valence electrons. The molecule has 1 unspecified atom stereocenters. The van der Waals surface area contributed by atoms with Gasteiger partial charge in [-0.05, 0) is 65.8 Å². The zero-order chi connectivity index (χ0) is 25.2. The maximum Gasteiger partial charge on any atom is 0.337 e. The molecule has 4 aromatic rings. The van der Waals surface area contributed by atoms with E-state index in [4.69, 9.17) is 9.47 Å². The van der Waals surface area contributed by atoms with Gasteiger partial charge < -0.3 is 9.47 Å². The van der Waals surface area contributed by atoms with Crippen molar-refractivity contribution in [2.45, 2.75) is 12.8 Å². The van der Waals surface area contributed by atoms with Gasteiger partial charge >= 0.3 is 5.97 Å². The SMILES string of the molecule is COC(=O)c1ccc(CC(/C=C/c2ccccc2Oc2cccc(-c3ccccc3)c2)CCBr)cc1. The van der Waals surface area contributed by atoms with Crippen LogP contribution in [0.15, 0.2) is 109 Å². The molecule has 4 rings (SSSR count). The summed E-state index contributed by atoms with van der Waals surface area (Å²) in [5.41, 5.74) is 5.06. The van der Waals surface area contributed by atoms with Crippen molar-refractivity contribution < 1.29 is 14.3 Å². The summed E-state index contributed by atoms with van der Waals surface area (Å²) in [6.45, 7) is 0. The quantitative estimate of drug-likeness (QED) is 0.149. The number of hydrogen-bond acceptors (Lipinski definition) is 3. The van der Waals surface area contributed by atoms with Crippen molar-refractivity contribution in [3.8, 4) is 22.6 Å². The van der Waals surface area contributed by atoms with E-state index in [2.05, 4.69) is 58.4 Å². The minimum absolute atomic E-state index is 0.315. The molecule has 0 aromatic heterocycles. The molecule has 0 N–H and O–H groups in total. The Kier molecular flexibility index (Phi) is 9.12. The standard InChI is InChI=1S/C32H29BrO3/c1-35-32(34)28-18-15-24(16-19-28)22-25(20-21-33)14-17-27-10-5-6-13-31(27)36-30-12-7-11-29(23-30)26-8-3-2-4-9-26/h2-19,23,25H,20-22H2,1H3/b17-14+. The minimum atomic E-state index is -0.315. The summed E-state index contributed by atoms with van der Waals surface area (Å²) in [5.74, 6) is 1.64. The minimum Gasteiger partial charge on any atom is -0.465 e. The predicted octanol–water partition coefficient (Wildman–Crippen LogP) is 8.59. The van der Waals surface area contributed by atoms with Gasteiger partial charge in [0, 0.05) is 10.9 Å². The molecule has 0 bridgehead atoms. The van der Waals surface area contributed by atoms with E-state index >= 15 is 0 Å². The van der Waals surface area contributed by atoms with Crippen LogP contribution in [0, 0.1) is 5.92 Å². The normalized spacial score (nSPS) is 11.8. The van der Waals surface area contributed by atoms with Crippen molar-refractivity contribution in [3.63, 3.8) is 0 Å². The number of esters is 1. The van der Waals surface area contributed by atoms with E-state index in [-0.39, 0.29) is 5.97 Å². The summed E-state index contributed by atoms with van der Waals surface area (Å²) in [6, 6.07) is 34.2. The smallest absolute Gasteiger partial charge is 0.337 e. The van der Waals surface area contributed by atoms with E-state index in [9.17, 15) is 4.79 Å². The fourth-order valence-corrected chi connectivity index (χ4v) is 4.64.